The summed E-state index contributed by atoms with van der Waals surface area (Å²) >= 11 is 0. The van der Waals surface area contributed by atoms with Crippen LogP contribution in [0, 0.1) is 0 Å². The Morgan fingerprint density at radius 2 is 1.57 bits per heavy atom. The van der Waals surface area contributed by atoms with Gasteiger partial charge < -0.3 is 10.1 Å². The van der Waals surface area contributed by atoms with Crippen LogP contribution in [0.5, 0.6) is 5.75 Å². The fourth-order valence-electron chi connectivity index (χ4n) is 2.18. The SMILES string of the molecule is CC(CCCNC(C)(C)C)Oc1ccc(C(C)(C)C)cc1. The predicted octanol–water partition coefficient (Wildman–Crippen LogP) is 4.92. The lowest BCUT2D eigenvalue weighted by atomic mass is 9.87. The number of benzene rings is 1. The van der Waals surface area contributed by atoms with E-state index in [1.54, 1.807) is 0 Å². The van der Waals surface area contributed by atoms with Crippen LogP contribution < -0.4 is 10.1 Å². The lowest BCUT2D eigenvalue weighted by Crippen LogP contribution is -2.36. The molecule has 0 saturated heterocycles. The molecule has 0 aliphatic heterocycles. The molecule has 0 saturated carbocycles. The standard InChI is InChI=1S/C19H33NO/c1-15(9-8-14-20-19(5,6)7)21-17-12-10-16(11-13-17)18(2,3)4/h10-13,15,20H,8-9,14H2,1-7H3. The highest BCUT2D eigenvalue weighted by atomic mass is 16.5. The zero-order valence-electron chi connectivity index (χ0n) is 14.9. The number of nitrogens with one attached hydrogen (secondary N) is 1. The van der Waals surface area contributed by atoms with Crippen molar-refractivity contribution in [1.82, 2.24) is 5.32 Å². The second-order valence-corrected chi connectivity index (χ2v) is 8.02. The van der Waals surface area contributed by atoms with E-state index < -0.39 is 0 Å². The van der Waals surface area contributed by atoms with Gasteiger partial charge in [-0.3, -0.25) is 0 Å². The molecule has 0 heterocycles. The maximum atomic E-state index is 5.99. The number of hydrogen-bond donors (Lipinski definition) is 1. The van der Waals surface area contributed by atoms with Crippen molar-refractivity contribution in [2.75, 3.05) is 6.54 Å². The van der Waals surface area contributed by atoms with E-state index in [9.17, 15) is 0 Å². The van der Waals surface area contributed by atoms with E-state index in [0.717, 1.165) is 25.1 Å². The zero-order valence-corrected chi connectivity index (χ0v) is 14.9. The molecule has 1 aromatic rings. The molecule has 21 heavy (non-hydrogen) atoms. The summed E-state index contributed by atoms with van der Waals surface area (Å²) in [7, 11) is 0. The molecule has 1 rings (SSSR count). The Labute approximate surface area is 131 Å². The van der Waals surface area contributed by atoms with Crippen LogP contribution in [0.25, 0.3) is 0 Å². The van der Waals surface area contributed by atoms with Crippen molar-refractivity contribution in [3.8, 4) is 5.75 Å². The lowest BCUT2D eigenvalue weighted by Gasteiger charge is -2.22. The monoisotopic (exact) mass is 291 g/mol. The molecular formula is C19H33NO. The van der Waals surface area contributed by atoms with Gasteiger partial charge in [0, 0.05) is 5.54 Å². The van der Waals surface area contributed by atoms with Crippen LogP contribution in [0.2, 0.25) is 0 Å². The van der Waals surface area contributed by atoms with Gasteiger partial charge in [0.05, 0.1) is 6.10 Å². The van der Waals surface area contributed by atoms with Gasteiger partial charge in [-0.15, -0.1) is 0 Å². The molecule has 120 valence electrons. The van der Waals surface area contributed by atoms with Crippen molar-refractivity contribution in [3.63, 3.8) is 0 Å². The molecule has 0 aliphatic rings. The second-order valence-electron chi connectivity index (χ2n) is 8.02. The van der Waals surface area contributed by atoms with Crippen LogP contribution in [0.3, 0.4) is 0 Å². The Morgan fingerprint density at radius 3 is 2.05 bits per heavy atom. The molecule has 1 atom stereocenters. The summed E-state index contributed by atoms with van der Waals surface area (Å²) in [5.74, 6) is 0.972. The first kappa shape index (κ1) is 18.0. The minimum absolute atomic E-state index is 0.197. The summed E-state index contributed by atoms with van der Waals surface area (Å²) in [6.45, 7) is 16.5. The summed E-state index contributed by atoms with van der Waals surface area (Å²) in [6, 6.07) is 8.52. The maximum absolute atomic E-state index is 5.99. The van der Waals surface area contributed by atoms with E-state index in [0.29, 0.717) is 0 Å². The van der Waals surface area contributed by atoms with E-state index >= 15 is 0 Å². The fourth-order valence-corrected chi connectivity index (χ4v) is 2.18. The molecule has 1 N–H and O–H groups in total. The summed E-state index contributed by atoms with van der Waals surface area (Å²) in [5, 5.41) is 3.51. The van der Waals surface area contributed by atoms with E-state index in [-0.39, 0.29) is 17.1 Å². The van der Waals surface area contributed by atoms with E-state index in [4.69, 9.17) is 4.74 Å². The van der Waals surface area contributed by atoms with Gasteiger partial charge in [-0.05, 0) is 70.2 Å². The predicted molar refractivity (Wildman–Crippen MR) is 92.2 cm³/mol. The van der Waals surface area contributed by atoms with Crippen LogP contribution in [-0.2, 0) is 5.41 Å². The van der Waals surface area contributed by atoms with Gasteiger partial charge in [0.15, 0.2) is 0 Å². The summed E-state index contributed by atoms with van der Waals surface area (Å²) in [6.07, 6.45) is 2.47. The zero-order chi connectivity index (χ0) is 16.1. The van der Waals surface area contributed by atoms with E-state index in [2.05, 4.69) is 78.0 Å². The Hall–Kier alpha value is -1.02. The molecule has 0 amide bonds. The van der Waals surface area contributed by atoms with Crippen LogP contribution >= 0.6 is 0 Å². The summed E-state index contributed by atoms with van der Waals surface area (Å²) < 4.78 is 5.99. The first-order valence-electron chi connectivity index (χ1n) is 8.10. The minimum atomic E-state index is 0.197. The van der Waals surface area contributed by atoms with Crippen molar-refractivity contribution in [1.29, 1.82) is 0 Å². The first-order chi connectivity index (χ1) is 9.58. The van der Waals surface area contributed by atoms with Gasteiger partial charge in [0.2, 0.25) is 0 Å². The first-order valence-corrected chi connectivity index (χ1v) is 8.10. The second kappa shape index (κ2) is 7.31. The maximum Gasteiger partial charge on any atom is 0.119 e. The Bertz CT molecular complexity index is 409. The van der Waals surface area contributed by atoms with Crippen LogP contribution in [0.15, 0.2) is 24.3 Å². The number of hydrogen-bond acceptors (Lipinski definition) is 2. The molecule has 0 radical (unpaired) electrons. The summed E-state index contributed by atoms with van der Waals surface area (Å²) in [4.78, 5) is 0. The van der Waals surface area contributed by atoms with Crippen molar-refractivity contribution < 1.29 is 4.74 Å². The number of rotatable bonds is 6. The van der Waals surface area contributed by atoms with Crippen molar-refractivity contribution in [2.45, 2.75) is 78.4 Å². The van der Waals surface area contributed by atoms with Crippen LogP contribution in [0.4, 0.5) is 0 Å². The third-order valence-corrected chi connectivity index (χ3v) is 3.50. The highest BCUT2D eigenvalue weighted by molar-refractivity contribution is 5.31. The topological polar surface area (TPSA) is 21.3 Å². The van der Waals surface area contributed by atoms with Gasteiger partial charge in [-0.25, -0.2) is 0 Å². The van der Waals surface area contributed by atoms with Gasteiger partial charge in [0.1, 0.15) is 5.75 Å². The molecule has 0 spiro atoms. The van der Waals surface area contributed by atoms with Crippen molar-refractivity contribution >= 4 is 0 Å². The van der Waals surface area contributed by atoms with E-state index in [1.807, 2.05) is 0 Å². The van der Waals surface area contributed by atoms with Gasteiger partial charge >= 0.3 is 0 Å². The average Bonchev–Trinajstić information content (AvgIpc) is 2.33. The van der Waals surface area contributed by atoms with Gasteiger partial charge in [-0.2, -0.15) is 0 Å². The molecule has 0 fully saturated rings. The third kappa shape index (κ3) is 7.52. The quantitative estimate of drug-likeness (QED) is 0.751. The molecule has 0 bridgehead atoms. The molecule has 0 aromatic heterocycles. The molecule has 1 aromatic carbocycles. The van der Waals surface area contributed by atoms with Crippen LogP contribution in [0.1, 0.15) is 66.9 Å². The van der Waals surface area contributed by atoms with Crippen molar-refractivity contribution in [2.24, 2.45) is 0 Å². The molecular weight excluding hydrogens is 258 g/mol. The molecule has 0 aliphatic carbocycles. The van der Waals surface area contributed by atoms with E-state index in [1.165, 1.54) is 5.56 Å². The molecule has 1 unspecified atom stereocenters. The van der Waals surface area contributed by atoms with Gasteiger partial charge in [-0.1, -0.05) is 32.9 Å². The fraction of sp³-hybridized carbons (Fsp3) is 0.684. The Kier molecular flexibility index (Phi) is 6.27. The van der Waals surface area contributed by atoms with Gasteiger partial charge in [0.25, 0.3) is 0 Å². The van der Waals surface area contributed by atoms with Crippen LogP contribution in [-0.4, -0.2) is 18.2 Å². The average molecular weight is 291 g/mol. The highest BCUT2D eigenvalue weighted by Gasteiger charge is 2.13. The smallest absolute Gasteiger partial charge is 0.119 e. The minimum Gasteiger partial charge on any atom is -0.491 e. The largest absolute Gasteiger partial charge is 0.491 e. The highest BCUT2D eigenvalue weighted by Crippen LogP contribution is 2.24. The number of ether oxygens (including phenoxy) is 1. The van der Waals surface area contributed by atoms with Crippen molar-refractivity contribution in [3.05, 3.63) is 29.8 Å². The third-order valence-electron chi connectivity index (χ3n) is 3.50. The summed E-state index contributed by atoms with van der Waals surface area (Å²) in [5.41, 5.74) is 1.74. The molecule has 2 nitrogen and oxygen atoms in total. The molecule has 2 heteroatoms. The normalized spacial score (nSPS) is 14.0. The lowest BCUT2D eigenvalue weighted by molar-refractivity contribution is 0.206. The Balaban J connectivity index is 2.36. The Morgan fingerprint density at radius 1 is 1.00 bits per heavy atom.